The van der Waals surface area contributed by atoms with Crippen LogP contribution in [0, 0.1) is 0 Å². The van der Waals surface area contributed by atoms with E-state index in [2.05, 4.69) is 12.1 Å². The van der Waals surface area contributed by atoms with Crippen LogP contribution in [0.15, 0.2) is 24.3 Å². The molecule has 1 heterocycles. The van der Waals surface area contributed by atoms with Crippen LogP contribution in [0.3, 0.4) is 0 Å². The van der Waals surface area contributed by atoms with Crippen molar-refractivity contribution in [2.75, 3.05) is 32.6 Å². The number of hydrogen-bond donors (Lipinski definition) is 2. The maximum atomic E-state index is 12.6. The molecule has 0 saturated carbocycles. The zero-order valence-corrected chi connectivity index (χ0v) is 11.9. The van der Waals surface area contributed by atoms with Gasteiger partial charge in [-0.25, -0.2) is 0 Å². The summed E-state index contributed by atoms with van der Waals surface area (Å²) >= 11 is 0. The van der Waals surface area contributed by atoms with Crippen molar-refractivity contribution in [3.63, 3.8) is 0 Å². The fraction of sp³-hybridized carbons (Fsp3) is 0.571. The summed E-state index contributed by atoms with van der Waals surface area (Å²) in [5, 5.41) is 0. The molecule has 1 aliphatic carbocycles. The third kappa shape index (κ3) is 2.92. The standard InChI is InChI=1S/C14H20NO3P/c16-19(17,11-15-5-7-18-8-6-15)14-9-12-3-1-2-4-13(12)10-14/h1-4,14H,5-11H2,(H,16,17)/p+1. The Morgan fingerprint density at radius 1 is 1.21 bits per heavy atom. The van der Waals surface area contributed by atoms with Gasteiger partial charge in [0, 0.05) is 5.66 Å². The fourth-order valence-corrected chi connectivity index (χ4v) is 5.27. The summed E-state index contributed by atoms with van der Waals surface area (Å²) in [6.45, 7) is 3.12. The summed E-state index contributed by atoms with van der Waals surface area (Å²) in [6.07, 6.45) is 1.91. The van der Waals surface area contributed by atoms with E-state index in [4.69, 9.17) is 4.74 Å². The van der Waals surface area contributed by atoms with Crippen molar-refractivity contribution in [3.8, 4) is 0 Å². The Balaban J connectivity index is 1.67. The minimum absolute atomic E-state index is 0.0831. The zero-order chi connectivity index (χ0) is 13.3. The molecular formula is C14H21NO3P+. The van der Waals surface area contributed by atoms with Crippen molar-refractivity contribution < 1.29 is 19.1 Å². The van der Waals surface area contributed by atoms with Crippen molar-refractivity contribution in [1.29, 1.82) is 0 Å². The Labute approximate surface area is 113 Å². The summed E-state index contributed by atoms with van der Waals surface area (Å²) in [5.74, 6) is 0. The predicted octanol–water partition coefficient (Wildman–Crippen LogP) is 0.297. The molecule has 1 saturated heterocycles. The Morgan fingerprint density at radius 3 is 2.37 bits per heavy atom. The monoisotopic (exact) mass is 282 g/mol. The van der Waals surface area contributed by atoms with Crippen LogP contribution in [0.5, 0.6) is 0 Å². The lowest BCUT2D eigenvalue weighted by molar-refractivity contribution is -0.897. The molecule has 2 N–H and O–H groups in total. The van der Waals surface area contributed by atoms with Gasteiger partial charge < -0.3 is 14.5 Å². The summed E-state index contributed by atoms with van der Waals surface area (Å²) in [5.41, 5.74) is 2.41. The molecule has 1 atom stereocenters. The van der Waals surface area contributed by atoms with Crippen LogP contribution in [-0.2, 0) is 22.1 Å². The van der Waals surface area contributed by atoms with E-state index in [0.29, 0.717) is 19.5 Å². The molecule has 3 rings (SSSR count). The Bertz CT molecular complexity index is 474. The highest BCUT2D eigenvalue weighted by Crippen LogP contribution is 2.50. The van der Waals surface area contributed by atoms with Gasteiger partial charge in [0.1, 0.15) is 13.1 Å². The van der Waals surface area contributed by atoms with Gasteiger partial charge in [0.05, 0.1) is 13.2 Å². The van der Waals surface area contributed by atoms with E-state index in [1.54, 1.807) is 0 Å². The average molecular weight is 282 g/mol. The van der Waals surface area contributed by atoms with E-state index in [9.17, 15) is 9.46 Å². The van der Waals surface area contributed by atoms with E-state index in [1.165, 1.54) is 16.0 Å². The Morgan fingerprint density at radius 2 is 1.79 bits per heavy atom. The molecule has 1 aromatic rings. The third-order valence-electron chi connectivity index (χ3n) is 4.25. The number of quaternary nitrogens is 1. The molecule has 1 fully saturated rings. The summed E-state index contributed by atoms with van der Waals surface area (Å²) in [4.78, 5) is 11.6. The first-order chi connectivity index (χ1) is 9.15. The summed E-state index contributed by atoms with van der Waals surface area (Å²) in [6, 6.07) is 8.18. The second-order valence-electron chi connectivity index (χ2n) is 5.61. The third-order valence-corrected chi connectivity index (χ3v) is 6.66. The number of ether oxygens (including phenoxy) is 1. The van der Waals surface area contributed by atoms with Crippen molar-refractivity contribution in [3.05, 3.63) is 35.4 Å². The van der Waals surface area contributed by atoms with Crippen molar-refractivity contribution in [2.24, 2.45) is 0 Å². The maximum absolute atomic E-state index is 12.6. The molecule has 0 radical (unpaired) electrons. The molecule has 5 heteroatoms. The highest BCUT2D eigenvalue weighted by Gasteiger charge is 2.39. The van der Waals surface area contributed by atoms with E-state index in [0.717, 1.165) is 25.9 Å². The van der Waals surface area contributed by atoms with Crippen LogP contribution in [0.4, 0.5) is 0 Å². The summed E-state index contributed by atoms with van der Waals surface area (Å²) < 4.78 is 17.9. The number of fused-ring (bicyclic) bond motifs is 1. The normalized spacial score (nSPS) is 24.1. The van der Waals surface area contributed by atoms with Crippen LogP contribution in [0.1, 0.15) is 11.1 Å². The Hall–Kier alpha value is -0.670. The first kappa shape index (κ1) is 13.3. The maximum Gasteiger partial charge on any atom is 0.256 e. The van der Waals surface area contributed by atoms with E-state index >= 15 is 0 Å². The average Bonchev–Trinajstić information content (AvgIpc) is 2.84. The lowest BCUT2D eigenvalue weighted by atomic mass is 10.1. The van der Waals surface area contributed by atoms with Crippen molar-refractivity contribution in [2.45, 2.75) is 18.5 Å². The van der Waals surface area contributed by atoms with Crippen LogP contribution >= 0.6 is 7.37 Å². The zero-order valence-electron chi connectivity index (χ0n) is 11.0. The van der Waals surface area contributed by atoms with E-state index in [1.807, 2.05) is 12.1 Å². The van der Waals surface area contributed by atoms with Gasteiger partial charge in [-0.05, 0) is 24.0 Å². The molecule has 0 aromatic heterocycles. The first-order valence-electron chi connectivity index (χ1n) is 6.95. The van der Waals surface area contributed by atoms with Gasteiger partial charge in [-0.1, -0.05) is 24.3 Å². The minimum atomic E-state index is -3.08. The number of rotatable bonds is 3. The minimum Gasteiger partial charge on any atom is -0.370 e. The first-order valence-corrected chi connectivity index (χ1v) is 8.86. The van der Waals surface area contributed by atoms with Crippen LogP contribution in [0.25, 0.3) is 0 Å². The van der Waals surface area contributed by atoms with E-state index < -0.39 is 7.37 Å². The largest absolute Gasteiger partial charge is 0.370 e. The molecule has 1 aromatic carbocycles. The van der Waals surface area contributed by atoms with E-state index in [-0.39, 0.29) is 5.66 Å². The number of benzene rings is 1. The molecule has 1 aliphatic heterocycles. The molecule has 0 amide bonds. The van der Waals surface area contributed by atoms with Gasteiger partial charge in [-0.2, -0.15) is 0 Å². The van der Waals surface area contributed by atoms with Gasteiger partial charge in [0.25, 0.3) is 7.37 Å². The predicted molar refractivity (Wildman–Crippen MR) is 73.8 cm³/mol. The number of nitrogens with one attached hydrogen (secondary N) is 1. The van der Waals surface area contributed by atoms with Crippen LogP contribution in [-0.4, -0.2) is 43.1 Å². The molecule has 0 spiro atoms. The van der Waals surface area contributed by atoms with Gasteiger partial charge >= 0.3 is 0 Å². The van der Waals surface area contributed by atoms with Gasteiger partial charge in [-0.15, -0.1) is 0 Å². The highest BCUT2D eigenvalue weighted by atomic mass is 31.2. The molecule has 4 nitrogen and oxygen atoms in total. The molecule has 0 bridgehead atoms. The molecule has 2 aliphatic rings. The Kier molecular flexibility index (Phi) is 3.77. The molecule has 104 valence electrons. The van der Waals surface area contributed by atoms with Crippen molar-refractivity contribution in [1.82, 2.24) is 0 Å². The number of morpholine rings is 1. The lowest BCUT2D eigenvalue weighted by Crippen LogP contribution is -3.14. The molecule has 19 heavy (non-hydrogen) atoms. The molecule has 1 unspecified atom stereocenters. The van der Waals surface area contributed by atoms with Gasteiger partial charge in [0.2, 0.25) is 0 Å². The second-order valence-corrected chi connectivity index (χ2v) is 8.16. The van der Waals surface area contributed by atoms with Crippen LogP contribution in [0.2, 0.25) is 0 Å². The van der Waals surface area contributed by atoms with Gasteiger partial charge in [0.15, 0.2) is 6.29 Å². The lowest BCUT2D eigenvalue weighted by Gasteiger charge is -2.27. The topological polar surface area (TPSA) is 51.0 Å². The SMILES string of the molecule is O=P(O)(C[NH+]1CCOCC1)C1Cc2ccccc2C1. The summed E-state index contributed by atoms with van der Waals surface area (Å²) in [7, 11) is -3.08. The van der Waals surface area contributed by atoms with Crippen LogP contribution < -0.4 is 4.90 Å². The molecular weight excluding hydrogens is 261 g/mol. The smallest absolute Gasteiger partial charge is 0.256 e. The van der Waals surface area contributed by atoms with Crippen molar-refractivity contribution >= 4 is 7.37 Å². The fourth-order valence-electron chi connectivity index (χ4n) is 3.09. The quantitative estimate of drug-likeness (QED) is 0.784. The highest BCUT2D eigenvalue weighted by molar-refractivity contribution is 7.58. The number of hydrogen-bond acceptors (Lipinski definition) is 2. The van der Waals surface area contributed by atoms with Gasteiger partial charge in [-0.3, -0.25) is 4.57 Å². The second kappa shape index (κ2) is 5.37.